The number of aryl methyl sites for hydroxylation is 1. The average Bonchev–Trinajstić information content (AvgIpc) is 2.64. The number of nitrogens with zero attached hydrogens (tertiary/aromatic N) is 1. The number of nitrogens with one attached hydrogen (secondary N) is 3. The molecule has 0 unspecified atom stereocenters. The lowest BCUT2D eigenvalue weighted by molar-refractivity contribution is -0.126. The highest BCUT2D eigenvalue weighted by atomic mass is 32.2. The van der Waals surface area contributed by atoms with Gasteiger partial charge in [-0.15, -0.1) is 0 Å². The molecule has 0 aromatic heterocycles. The van der Waals surface area contributed by atoms with Crippen molar-refractivity contribution in [3.8, 4) is 0 Å². The van der Waals surface area contributed by atoms with Gasteiger partial charge in [0.2, 0.25) is 15.9 Å². The molecule has 1 amide bonds. The summed E-state index contributed by atoms with van der Waals surface area (Å²) >= 11 is 5.05. The van der Waals surface area contributed by atoms with E-state index >= 15 is 0 Å². The molecule has 0 saturated carbocycles. The number of hydrogen-bond donors (Lipinski definition) is 3. The number of benzene rings is 1. The van der Waals surface area contributed by atoms with Crippen LogP contribution in [0.25, 0.3) is 0 Å². The summed E-state index contributed by atoms with van der Waals surface area (Å²) in [6, 6.07) is 6.76. The second kappa shape index (κ2) is 9.29. The predicted molar refractivity (Wildman–Crippen MR) is 105 cm³/mol. The van der Waals surface area contributed by atoms with Gasteiger partial charge < -0.3 is 5.32 Å². The zero-order valence-corrected chi connectivity index (χ0v) is 16.8. The highest BCUT2D eigenvalue weighted by Gasteiger charge is 2.33. The predicted octanol–water partition coefficient (Wildman–Crippen LogP) is 1.30. The molecular weight excluding hydrogens is 372 g/mol. The van der Waals surface area contributed by atoms with Crippen LogP contribution >= 0.6 is 12.2 Å². The number of carbonyl (C=O) groups is 1. The van der Waals surface area contributed by atoms with Crippen molar-refractivity contribution in [1.82, 2.24) is 20.5 Å². The number of sulfonamides is 1. The van der Waals surface area contributed by atoms with Crippen LogP contribution in [-0.4, -0.2) is 43.4 Å². The minimum atomic E-state index is -3.59. The molecule has 2 rings (SSSR count). The molecule has 1 aliphatic heterocycles. The van der Waals surface area contributed by atoms with Crippen LogP contribution in [-0.2, 0) is 14.8 Å². The van der Waals surface area contributed by atoms with Gasteiger partial charge in [0, 0.05) is 19.6 Å². The summed E-state index contributed by atoms with van der Waals surface area (Å²) < 4.78 is 27.0. The van der Waals surface area contributed by atoms with E-state index in [0.717, 1.165) is 12.0 Å². The molecule has 7 nitrogen and oxygen atoms in total. The fourth-order valence-electron chi connectivity index (χ4n) is 2.74. The maximum absolute atomic E-state index is 12.8. The summed E-state index contributed by atoms with van der Waals surface area (Å²) in [4.78, 5) is 12.6. The first-order valence-corrected chi connectivity index (χ1v) is 10.6. The number of amides is 1. The van der Waals surface area contributed by atoms with E-state index in [1.54, 1.807) is 24.3 Å². The molecule has 1 aromatic rings. The quantitative estimate of drug-likeness (QED) is 0.512. The van der Waals surface area contributed by atoms with Crippen molar-refractivity contribution in [2.24, 2.45) is 5.92 Å². The molecule has 1 aliphatic rings. The van der Waals surface area contributed by atoms with Gasteiger partial charge in [0.05, 0.1) is 10.8 Å². The molecule has 144 valence electrons. The Balaban J connectivity index is 1.96. The van der Waals surface area contributed by atoms with E-state index in [9.17, 15) is 13.2 Å². The number of carbonyl (C=O) groups excluding carboxylic acids is 1. The van der Waals surface area contributed by atoms with Gasteiger partial charge in [0.25, 0.3) is 0 Å². The lowest BCUT2D eigenvalue weighted by Crippen LogP contribution is -2.52. The molecule has 1 heterocycles. The van der Waals surface area contributed by atoms with E-state index in [-0.39, 0.29) is 17.3 Å². The standard InChI is InChI=1S/C17H26N4O3S2/c1-3-10-18-17(25)20-19-16(22)14-5-4-11-21(12-14)26(23,24)15-8-6-13(2)7-9-15/h6-9,14H,3-5,10-12H2,1-2H3,(H,19,22)(H2,18,20,25)/t14-/m0/s1. The van der Waals surface area contributed by atoms with Gasteiger partial charge in [0.15, 0.2) is 5.11 Å². The van der Waals surface area contributed by atoms with Gasteiger partial charge in [-0.1, -0.05) is 24.6 Å². The van der Waals surface area contributed by atoms with Gasteiger partial charge in [-0.3, -0.25) is 15.6 Å². The fraction of sp³-hybridized carbons (Fsp3) is 0.529. The van der Waals surface area contributed by atoms with Crippen LogP contribution in [0.1, 0.15) is 31.7 Å². The zero-order valence-electron chi connectivity index (χ0n) is 15.1. The van der Waals surface area contributed by atoms with Crippen LogP contribution in [0.15, 0.2) is 29.2 Å². The van der Waals surface area contributed by atoms with Crippen LogP contribution in [0.3, 0.4) is 0 Å². The Labute approximate surface area is 160 Å². The highest BCUT2D eigenvalue weighted by Crippen LogP contribution is 2.24. The van der Waals surface area contributed by atoms with Crippen molar-refractivity contribution in [2.45, 2.75) is 38.0 Å². The van der Waals surface area contributed by atoms with Gasteiger partial charge in [-0.05, 0) is 50.5 Å². The topological polar surface area (TPSA) is 90.5 Å². The molecule has 1 saturated heterocycles. The Morgan fingerprint density at radius 2 is 1.96 bits per heavy atom. The van der Waals surface area contributed by atoms with E-state index < -0.39 is 15.9 Å². The maximum atomic E-state index is 12.8. The highest BCUT2D eigenvalue weighted by molar-refractivity contribution is 7.89. The van der Waals surface area contributed by atoms with Crippen molar-refractivity contribution in [2.75, 3.05) is 19.6 Å². The van der Waals surface area contributed by atoms with Crippen molar-refractivity contribution < 1.29 is 13.2 Å². The summed E-state index contributed by atoms with van der Waals surface area (Å²) in [6.45, 7) is 5.22. The van der Waals surface area contributed by atoms with E-state index in [0.29, 0.717) is 31.0 Å². The lowest BCUT2D eigenvalue weighted by atomic mass is 9.99. The van der Waals surface area contributed by atoms with Gasteiger partial charge >= 0.3 is 0 Å². The molecule has 0 aliphatic carbocycles. The Kier molecular flexibility index (Phi) is 7.36. The molecule has 1 aromatic carbocycles. The fourth-order valence-corrected chi connectivity index (χ4v) is 4.41. The summed E-state index contributed by atoms with van der Waals surface area (Å²) in [5.74, 6) is -0.667. The summed E-state index contributed by atoms with van der Waals surface area (Å²) in [6.07, 6.45) is 2.20. The van der Waals surface area contributed by atoms with Crippen molar-refractivity contribution in [3.05, 3.63) is 29.8 Å². The zero-order chi connectivity index (χ0) is 19.2. The molecule has 1 fully saturated rings. The molecular formula is C17H26N4O3S2. The number of thiocarbonyl (C=S) groups is 1. The van der Waals surface area contributed by atoms with Crippen LogP contribution in [0.4, 0.5) is 0 Å². The van der Waals surface area contributed by atoms with E-state index in [1.807, 2.05) is 13.8 Å². The average molecular weight is 399 g/mol. The van der Waals surface area contributed by atoms with Gasteiger partial charge in [-0.2, -0.15) is 4.31 Å². The van der Waals surface area contributed by atoms with Crippen molar-refractivity contribution in [3.63, 3.8) is 0 Å². The first-order chi connectivity index (χ1) is 12.3. The Hall–Kier alpha value is -1.71. The van der Waals surface area contributed by atoms with Gasteiger partial charge in [-0.25, -0.2) is 8.42 Å². The summed E-state index contributed by atoms with van der Waals surface area (Å²) in [7, 11) is -3.59. The first-order valence-electron chi connectivity index (χ1n) is 8.75. The van der Waals surface area contributed by atoms with Crippen molar-refractivity contribution >= 4 is 33.3 Å². The third kappa shape index (κ3) is 5.39. The van der Waals surface area contributed by atoms with E-state index in [1.165, 1.54) is 4.31 Å². The second-order valence-electron chi connectivity index (χ2n) is 6.39. The third-order valence-electron chi connectivity index (χ3n) is 4.25. The normalized spacial score (nSPS) is 18.2. The number of rotatable bonds is 5. The lowest BCUT2D eigenvalue weighted by Gasteiger charge is -2.31. The van der Waals surface area contributed by atoms with E-state index in [4.69, 9.17) is 12.2 Å². The smallest absolute Gasteiger partial charge is 0.243 e. The molecule has 9 heteroatoms. The van der Waals surface area contributed by atoms with Crippen LogP contribution in [0, 0.1) is 12.8 Å². The minimum Gasteiger partial charge on any atom is -0.361 e. The first kappa shape index (κ1) is 20.6. The molecule has 1 atom stereocenters. The molecule has 0 spiro atoms. The monoisotopic (exact) mass is 398 g/mol. The van der Waals surface area contributed by atoms with Crippen LogP contribution in [0.5, 0.6) is 0 Å². The number of hydrogen-bond acceptors (Lipinski definition) is 4. The maximum Gasteiger partial charge on any atom is 0.243 e. The molecule has 0 radical (unpaired) electrons. The third-order valence-corrected chi connectivity index (χ3v) is 6.37. The number of hydrazine groups is 1. The largest absolute Gasteiger partial charge is 0.361 e. The Morgan fingerprint density at radius 1 is 1.27 bits per heavy atom. The molecule has 3 N–H and O–H groups in total. The summed E-state index contributed by atoms with van der Waals surface area (Å²) in [5.41, 5.74) is 6.22. The molecule has 26 heavy (non-hydrogen) atoms. The van der Waals surface area contributed by atoms with Crippen LogP contribution < -0.4 is 16.2 Å². The van der Waals surface area contributed by atoms with Crippen LogP contribution in [0.2, 0.25) is 0 Å². The second-order valence-corrected chi connectivity index (χ2v) is 8.73. The van der Waals surface area contributed by atoms with E-state index in [2.05, 4.69) is 16.2 Å². The van der Waals surface area contributed by atoms with Crippen molar-refractivity contribution in [1.29, 1.82) is 0 Å². The SMILES string of the molecule is CCCNC(=S)NNC(=O)[C@H]1CCCN(S(=O)(=O)c2ccc(C)cc2)C1. The molecule has 0 bridgehead atoms. The summed E-state index contributed by atoms with van der Waals surface area (Å²) in [5, 5.41) is 3.30. The number of piperidine rings is 1. The minimum absolute atomic E-state index is 0.166. The van der Waals surface area contributed by atoms with Gasteiger partial charge in [0.1, 0.15) is 0 Å². The Bertz CT molecular complexity index is 735. The Morgan fingerprint density at radius 3 is 2.62 bits per heavy atom.